The molecule has 0 radical (unpaired) electrons. The Kier molecular flexibility index (Phi) is 4.72. The molecular formula is C19H23N3O3. The fourth-order valence-electron chi connectivity index (χ4n) is 3.23. The maximum absolute atomic E-state index is 12.6. The van der Waals surface area contributed by atoms with Crippen molar-refractivity contribution in [3.8, 4) is 11.4 Å². The van der Waals surface area contributed by atoms with Crippen molar-refractivity contribution >= 4 is 5.91 Å². The predicted molar refractivity (Wildman–Crippen MR) is 95.4 cm³/mol. The number of carbonyl (C=O) groups excluding carboxylic acids is 1. The van der Waals surface area contributed by atoms with Gasteiger partial charge < -0.3 is 15.0 Å². The Morgan fingerprint density at radius 2 is 2.00 bits per heavy atom. The van der Waals surface area contributed by atoms with Gasteiger partial charge in [0.05, 0.1) is 6.61 Å². The van der Waals surface area contributed by atoms with E-state index in [0.717, 1.165) is 30.4 Å². The fraction of sp³-hybridized carbons (Fsp3) is 0.421. The molecule has 1 aliphatic rings. The second-order valence-corrected chi connectivity index (χ2v) is 7.01. The van der Waals surface area contributed by atoms with Crippen LogP contribution in [0.25, 0.3) is 11.4 Å². The van der Waals surface area contributed by atoms with Gasteiger partial charge in [0.25, 0.3) is 11.5 Å². The molecule has 0 saturated heterocycles. The second-order valence-electron chi connectivity index (χ2n) is 7.01. The summed E-state index contributed by atoms with van der Waals surface area (Å²) in [5.74, 6) is 0.0685. The van der Waals surface area contributed by atoms with Crippen molar-refractivity contribution in [1.29, 1.82) is 0 Å². The highest BCUT2D eigenvalue weighted by Gasteiger charge is 2.38. The monoisotopic (exact) mass is 341 g/mol. The third-order valence-corrected chi connectivity index (χ3v) is 5.02. The number of aromatic nitrogens is 2. The summed E-state index contributed by atoms with van der Waals surface area (Å²) in [7, 11) is 1.66. The molecule has 6 nitrogen and oxygen atoms in total. The molecule has 1 aromatic heterocycles. The second kappa shape index (κ2) is 6.80. The number of hydrogen-bond acceptors (Lipinski definition) is 4. The minimum atomic E-state index is -0.450. The van der Waals surface area contributed by atoms with E-state index in [1.165, 1.54) is 11.1 Å². The minimum absolute atomic E-state index is 0.0192. The summed E-state index contributed by atoms with van der Waals surface area (Å²) in [4.78, 5) is 33.4. The number of hydrogen-bond donors (Lipinski definition) is 2. The van der Waals surface area contributed by atoms with Crippen LogP contribution in [0.1, 0.15) is 35.2 Å². The van der Waals surface area contributed by atoms with Gasteiger partial charge in [0.1, 0.15) is 11.4 Å². The minimum Gasteiger partial charge on any atom is -0.396 e. The first kappa shape index (κ1) is 17.4. The SMILES string of the molecule is Cc1ccc(-c2ncc(C(=O)N(C)CC3(CO)CCC3)c(=O)[nH]2)cc1. The summed E-state index contributed by atoms with van der Waals surface area (Å²) in [6.45, 7) is 2.49. The van der Waals surface area contributed by atoms with Gasteiger partial charge in [-0.15, -0.1) is 0 Å². The van der Waals surface area contributed by atoms with Gasteiger partial charge in [-0.3, -0.25) is 9.59 Å². The Hall–Kier alpha value is -2.47. The number of rotatable bonds is 5. The van der Waals surface area contributed by atoms with Gasteiger partial charge >= 0.3 is 0 Å². The van der Waals surface area contributed by atoms with Gasteiger partial charge in [0.2, 0.25) is 0 Å². The van der Waals surface area contributed by atoms with Crippen molar-refractivity contribution < 1.29 is 9.90 Å². The topological polar surface area (TPSA) is 86.3 Å². The van der Waals surface area contributed by atoms with Gasteiger partial charge in [-0.05, 0) is 19.8 Å². The lowest BCUT2D eigenvalue weighted by Gasteiger charge is -2.42. The first-order valence-electron chi connectivity index (χ1n) is 8.47. The van der Waals surface area contributed by atoms with E-state index < -0.39 is 5.56 Å². The van der Waals surface area contributed by atoms with Gasteiger partial charge in [0, 0.05) is 30.8 Å². The summed E-state index contributed by atoms with van der Waals surface area (Å²) in [5.41, 5.74) is 1.27. The van der Waals surface area contributed by atoms with Crippen LogP contribution >= 0.6 is 0 Å². The van der Waals surface area contributed by atoms with Crippen LogP contribution in [-0.4, -0.2) is 46.1 Å². The third kappa shape index (κ3) is 3.49. The van der Waals surface area contributed by atoms with Gasteiger partial charge in [0.15, 0.2) is 0 Å². The number of aromatic amines is 1. The molecule has 1 aliphatic carbocycles. The molecule has 2 aromatic rings. The van der Waals surface area contributed by atoms with E-state index in [1.807, 2.05) is 31.2 Å². The summed E-state index contributed by atoms with van der Waals surface area (Å²) < 4.78 is 0. The predicted octanol–water partition coefficient (Wildman–Crippen LogP) is 1.98. The molecule has 0 spiro atoms. The molecule has 25 heavy (non-hydrogen) atoms. The van der Waals surface area contributed by atoms with E-state index in [4.69, 9.17) is 0 Å². The molecule has 2 N–H and O–H groups in total. The van der Waals surface area contributed by atoms with Crippen LogP contribution in [0.2, 0.25) is 0 Å². The normalized spacial score (nSPS) is 15.5. The van der Waals surface area contributed by atoms with Crippen LogP contribution in [0.4, 0.5) is 0 Å². The number of nitrogens with zero attached hydrogens (tertiary/aromatic N) is 2. The Morgan fingerprint density at radius 3 is 2.52 bits per heavy atom. The number of carbonyl (C=O) groups is 1. The molecule has 0 aliphatic heterocycles. The lowest BCUT2D eigenvalue weighted by Crippen LogP contribution is -2.46. The highest BCUT2D eigenvalue weighted by atomic mass is 16.3. The number of amides is 1. The number of H-pyrrole nitrogens is 1. The first-order valence-corrected chi connectivity index (χ1v) is 8.47. The van der Waals surface area contributed by atoms with Crippen molar-refractivity contribution in [2.75, 3.05) is 20.2 Å². The zero-order valence-electron chi connectivity index (χ0n) is 14.6. The Labute approximate surface area is 146 Å². The Balaban J connectivity index is 1.79. The zero-order chi connectivity index (χ0) is 18.0. The van der Waals surface area contributed by atoms with Gasteiger partial charge in [-0.25, -0.2) is 4.98 Å². The summed E-state index contributed by atoms with van der Waals surface area (Å²) >= 11 is 0. The van der Waals surface area contributed by atoms with E-state index in [9.17, 15) is 14.7 Å². The van der Waals surface area contributed by atoms with Crippen LogP contribution in [0.15, 0.2) is 35.3 Å². The Morgan fingerprint density at radius 1 is 1.32 bits per heavy atom. The largest absolute Gasteiger partial charge is 0.396 e. The first-order chi connectivity index (χ1) is 11.9. The van der Waals surface area contributed by atoms with Crippen LogP contribution in [0.5, 0.6) is 0 Å². The van der Waals surface area contributed by atoms with Crippen molar-refractivity contribution in [1.82, 2.24) is 14.9 Å². The summed E-state index contributed by atoms with van der Waals surface area (Å²) in [5, 5.41) is 9.56. The molecule has 0 atom stereocenters. The summed E-state index contributed by atoms with van der Waals surface area (Å²) in [6.07, 6.45) is 4.21. The molecule has 1 amide bonds. The van der Waals surface area contributed by atoms with Crippen LogP contribution in [-0.2, 0) is 0 Å². The van der Waals surface area contributed by atoms with E-state index in [1.54, 1.807) is 7.05 Å². The molecule has 132 valence electrons. The van der Waals surface area contributed by atoms with Gasteiger partial charge in [-0.1, -0.05) is 36.2 Å². The summed E-state index contributed by atoms with van der Waals surface area (Å²) in [6, 6.07) is 7.63. The quantitative estimate of drug-likeness (QED) is 0.871. The average Bonchev–Trinajstić information content (AvgIpc) is 2.58. The highest BCUT2D eigenvalue weighted by Crippen LogP contribution is 2.40. The van der Waals surface area contributed by atoms with Crippen molar-refractivity contribution in [2.45, 2.75) is 26.2 Å². The molecule has 1 saturated carbocycles. The number of aliphatic hydroxyl groups excluding tert-OH is 1. The van der Waals surface area contributed by atoms with E-state index in [2.05, 4.69) is 9.97 Å². The molecule has 6 heteroatoms. The standard InChI is InChI=1S/C19H23N3O3/c1-13-4-6-14(7-5-13)16-20-10-15(17(24)21-16)18(25)22(2)11-19(12-23)8-3-9-19/h4-7,10,23H,3,8-9,11-12H2,1-2H3,(H,20,21,24). The van der Waals surface area contributed by atoms with E-state index in [0.29, 0.717) is 12.4 Å². The number of nitrogens with one attached hydrogen (secondary N) is 1. The van der Waals surface area contributed by atoms with Crippen molar-refractivity contribution in [3.05, 3.63) is 51.9 Å². The van der Waals surface area contributed by atoms with Crippen LogP contribution in [0.3, 0.4) is 0 Å². The van der Waals surface area contributed by atoms with E-state index in [-0.39, 0.29) is 23.5 Å². The van der Waals surface area contributed by atoms with Gasteiger partial charge in [-0.2, -0.15) is 0 Å². The van der Waals surface area contributed by atoms with Crippen molar-refractivity contribution in [3.63, 3.8) is 0 Å². The molecular weight excluding hydrogens is 318 g/mol. The fourth-order valence-corrected chi connectivity index (χ4v) is 3.23. The maximum atomic E-state index is 12.6. The molecule has 0 bridgehead atoms. The van der Waals surface area contributed by atoms with Crippen LogP contribution < -0.4 is 5.56 Å². The maximum Gasteiger partial charge on any atom is 0.264 e. The molecule has 3 rings (SSSR count). The lowest BCUT2D eigenvalue weighted by atomic mass is 9.69. The smallest absolute Gasteiger partial charge is 0.264 e. The number of aryl methyl sites for hydroxylation is 1. The van der Waals surface area contributed by atoms with Crippen LogP contribution in [0, 0.1) is 12.3 Å². The highest BCUT2D eigenvalue weighted by molar-refractivity contribution is 5.93. The zero-order valence-corrected chi connectivity index (χ0v) is 14.6. The number of aliphatic hydroxyl groups is 1. The molecule has 1 heterocycles. The third-order valence-electron chi connectivity index (χ3n) is 5.02. The molecule has 1 aromatic carbocycles. The molecule has 0 unspecified atom stereocenters. The van der Waals surface area contributed by atoms with Crippen molar-refractivity contribution in [2.24, 2.45) is 5.41 Å². The Bertz CT molecular complexity index is 817. The molecule has 1 fully saturated rings. The van der Waals surface area contributed by atoms with E-state index >= 15 is 0 Å². The average molecular weight is 341 g/mol. The number of benzene rings is 1. The lowest BCUT2D eigenvalue weighted by molar-refractivity contribution is 0.0146.